The quantitative estimate of drug-likeness (QED) is 0.702. The van der Waals surface area contributed by atoms with Gasteiger partial charge in [-0.3, -0.25) is 0 Å². The second kappa shape index (κ2) is 20.0. The maximum atomic E-state index is 3.93. The second-order valence-corrected chi connectivity index (χ2v) is 2.08. The lowest BCUT2D eigenvalue weighted by Gasteiger charge is -1.95. The number of nitrogens with zero attached hydrogens (tertiary/aromatic N) is 2. The number of allylic oxidation sites excluding steroid dienone is 1. The van der Waals surface area contributed by atoms with Crippen LogP contribution in [0.4, 0.5) is 0 Å². The zero-order chi connectivity index (χ0) is 14.1. The molecule has 0 radical (unpaired) electrons. The summed E-state index contributed by atoms with van der Waals surface area (Å²) in [6.45, 7) is 17.6. The van der Waals surface area contributed by atoms with E-state index in [1.54, 1.807) is 12.3 Å². The highest BCUT2D eigenvalue weighted by Gasteiger charge is 1.93. The normalized spacial score (nSPS) is 7.71. The van der Waals surface area contributed by atoms with Gasteiger partial charge in [-0.2, -0.15) is 10.2 Å². The first kappa shape index (κ1) is 20.9. The highest BCUT2D eigenvalue weighted by Crippen LogP contribution is 2.06. The van der Waals surface area contributed by atoms with Crippen molar-refractivity contribution in [2.45, 2.75) is 48.5 Å². The van der Waals surface area contributed by atoms with Gasteiger partial charge in [-0.1, -0.05) is 60.3 Å². The fraction of sp³-hybridized carbons (Fsp3) is 0.467. The van der Waals surface area contributed by atoms with Crippen LogP contribution in [0.1, 0.15) is 59.7 Å². The molecule has 1 heterocycles. The summed E-state index contributed by atoms with van der Waals surface area (Å²) in [5, 5.41) is 7.69. The molecule has 0 unspecified atom stereocenters. The predicted octanol–water partition coefficient (Wildman–Crippen LogP) is 5.23. The van der Waals surface area contributed by atoms with Gasteiger partial charge in [0.05, 0.1) is 11.9 Å². The molecule has 2 heteroatoms. The van der Waals surface area contributed by atoms with Crippen molar-refractivity contribution in [3.63, 3.8) is 0 Å². The topological polar surface area (TPSA) is 25.8 Å². The summed E-state index contributed by atoms with van der Waals surface area (Å²) in [6.07, 6.45) is 7.26. The van der Waals surface area contributed by atoms with E-state index in [4.69, 9.17) is 0 Å². The third-order valence-corrected chi connectivity index (χ3v) is 1.33. The lowest BCUT2D eigenvalue weighted by molar-refractivity contribution is 1.01. The number of hydrogen-bond acceptors (Lipinski definition) is 2. The van der Waals surface area contributed by atoms with Crippen LogP contribution in [-0.2, 0) is 0 Å². The van der Waals surface area contributed by atoms with Crippen LogP contribution in [0.3, 0.4) is 0 Å². The van der Waals surface area contributed by atoms with E-state index in [0.29, 0.717) is 0 Å². The van der Waals surface area contributed by atoms with E-state index in [1.807, 2.05) is 66.7 Å². The van der Waals surface area contributed by atoms with Crippen molar-refractivity contribution in [1.29, 1.82) is 0 Å². The highest BCUT2D eigenvalue weighted by atomic mass is 15.1. The van der Waals surface area contributed by atoms with E-state index in [1.165, 1.54) is 0 Å². The predicted molar refractivity (Wildman–Crippen MR) is 80.9 cm³/mol. The van der Waals surface area contributed by atoms with Gasteiger partial charge >= 0.3 is 0 Å². The van der Waals surface area contributed by atoms with Crippen molar-refractivity contribution in [3.05, 3.63) is 36.2 Å². The van der Waals surface area contributed by atoms with E-state index in [-0.39, 0.29) is 0 Å². The molecule has 0 bridgehead atoms. The summed E-state index contributed by atoms with van der Waals surface area (Å²) in [4.78, 5) is 0. The van der Waals surface area contributed by atoms with Crippen LogP contribution >= 0.6 is 0 Å². The van der Waals surface area contributed by atoms with Gasteiger partial charge in [0.25, 0.3) is 0 Å². The van der Waals surface area contributed by atoms with Crippen molar-refractivity contribution in [2.75, 3.05) is 0 Å². The molecule has 0 aliphatic carbocycles. The molecular weight excluding hydrogens is 208 g/mol. The minimum atomic E-state index is 0.866. The van der Waals surface area contributed by atoms with Crippen LogP contribution in [0, 0.1) is 0 Å². The van der Waals surface area contributed by atoms with Crippen molar-refractivity contribution >= 4 is 12.2 Å². The average Bonchev–Trinajstić information content (AvgIpc) is 2.46. The molecule has 0 aliphatic heterocycles. The summed E-state index contributed by atoms with van der Waals surface area (Å²) >= 11 is 0. The highest BCUT2D eigenvalue weighted by molar-refractivity contribution is 5.60. The van der Waals surface area contributed by atoms with Crippen LogP contribution < -0.4 is 0 Å². The first-order chi connectivity index (χ1) is 8.38. The maximum absolute atomic E-state index is 3.93. The van der Waals surface area contributed by atoms with Crippen LogP contribution in [0.15, 0.2) is 24.9 Å². The smallest absolute Gasteiger partial charge is 0.0926 e. The Kier molecular flexibility index (Phi) is 24.6. The van der Waals surface area contributed by atoms with Gasteiger partial charge in [-0.25, -0.2) is 0 Å². The zero-order valence-corrected chi connectivity index (χ0v) is 12.5. The summed E-state index contributed by atoms with van der Waals surface area (Å²) in [7, 11) is 0. The number of aromatic nitrogens is 2. The molecule has 0 fully saturated rings. The first-order valence-corrected chi connectivity index (χ1v) is 6.45. The molecule has 0 aliphatic rings. The molecule has 98 valence electrons. The number of rotatable bonds is 2. The van der Waals surface area contributed by atoms with Gasteiger partial charge in [0.1, 0.15) is 0 Å². The molecule has 0 aromatic carbocycles. The molecule has 17 heavy (non-hydrogen) atoms. The molecule has 1 aromatic rings. The van der Waals surface area contributed by atoms with Gasteiger partial charge < -0.3 is 0 Å². The average molecular weight is 236 g/mol. The molecule has 1 aromatic heterocycles. The first-order valence-electron chi connectivity index (χ1n) is 6.45. The monoisotopic (exact) mass is 236 g/mol. The zero-order valence-electron chi connectivity index (χ0n) is 12.5. The second-order valence-electron chi connectivity index (χ2n) is 2.08. The van der Waals surface area contributed by atoms with Crippen molar-refractivity contribution < 1.29 is 0 Å². The van der Waals surface area contributed by atoms with Gasteiger partial charge in [0, 0.05) is 5.56 Å². The largest absolute Gasteiger partial charge is 0.159 e. The Balaban J connectivity index is -0.000000285. The molecule has 0 N–H and O–H groups in total. The summed E-state index contributed by atoms with van der Waals surface area (Å²) in [5.41, 5.74) is 1.88. The van der Waals surface area contributed by atoms with Crippen molar-refractivity contribution in [1.82, 2.24) is 10.2 Å². The molecule has 0 spiro atoms. The Morgan fingerprint density at radius 3 is 2.00 bits per heavy atom. The molecule has 2 nitrogen and oxygen atoms in total. The van der Waals surface area contributed by atoms with Gasteiger partial charge in [-0.05, 0) is 19.1 Å². The Bertz CT molecular complexity index is 278. The van der Waals surface area contributed by atoms with E-state index in [0.717, 1.165) is 11.3 Å². The van der Waals surface area contributed by atoms with Gasteiger partial charge in [-0.15, -0.1) is 0 Å². The minimum absolute atomic E-state index is 0.866. The number of hydrogen-bond donors (Lipinski definition) is 0. The molecule has 0 atom stereocenters. The summed E-state index contributed by atoms with van der Waals surface area (Å²) in [6, 6.07) is 1.88. The molecule has 0 amide bonds. The Hall–Kier alpha value is -1.44. The summed E-state index contributed by atoms with van der Waals surface area (Å²) in [5.74, 6) is 0. The Morgan fingerprint density at radius 2 is 1.59 bits per heavy atom. The van der Waals surface area contributed by atoms with E-state index in [9.17, 15) is 0 Å². The molecule has 0 saturated carbocycles. The van der Waals surface area contributed by atoms with E-state index >= 15 is 0 Å². The van der Waals surface area contributed by atoms with Crippen LogP contribution in [0.25, 0.3) is 12.2 Å². The Labute approximate surface area is 107 Å². The molecular formula is C15H28N2. The standard InChI is InChI=1S/C9H10N2.3C2H6/c1-3-5-9-8(4-2)6-7-10-11-9;3*1-2/h3-7H,2H2,1H3;3*1-2H3/b5-3-;;;. The van der Waals surface area contributed by atoms with Gasteiger partial charge in [0.2, 0.25) is 0 Å². The third kappa shape index (κ3) is 10.8. The SMILES string of the molecule is C=Cc1ccnnc1/C=C\C.CC.CC.CC. The Morgan fingerprint density at radius 1 is 1.06 bits per heavy atom. The fourth-order valence-electron chi connectivity index (χ4n) is 0.812. The van der Waals surface area contributed by atoms with Crippen LogP contribution in [0.5, 0.6) is 0 Å². The van der Waals surface area contributed by atoms with Crippen molar-refractivity contribution in [3.8, 4) is 0 Å². The fourth-order valence-corrected chi connectivity index (χ4v) is 0.812. The minimum Gasteiger partial charge on any atom is -0.159 e. The lowest BCUT2D eigenvalue weighted by Crippen LogP contribution is -1.87. The van der Waals surface area contributed by atoms with Crippen LogP contribution in [-0.4, -0.2) is 10.2 Å². The van der Waals surface area contributed by atoms with E-state index in [2.05, 4.69) is 16.8 Å². The maximum Gasteiger partial charge on any atom is 0.0926 e. The molecule has 1 rings (SSSR count). The van der Waals surface area contributed by atoms with Crippen molar-refractivity contribution in [2.24, 2.45) is 0 Å². The van der Waals surface area contributed by atoms with Gasteiger partial charge in [0.15, 0.2) is 0 Å². The van der Waals surface area contributed by atoms with Crippen LogP contribution in [0.2, 0.25) is 0 Å². The lowest BCUT2D eigenvalue weighted by atomic mass is 10.2. The van der Waals surface area contributed by atoms with E-state index < -0.39 is 0 Å². The third-order valence-electron chi connectivity index (χ3n) is 1.33. The molecule has 0 saturated heterocycles. The summed E-state index contributed by atoms with van der Waals surface area (Å²) < 4.78 is 0.